The van der Waals surface area contributed by atoms with E-state index in [-0.39, 0.29) is 0 Å². The molecular formula is CH3IN120. The number of halogens is 1. The molecule has 122 heavy (non-hydrogen) atoms. The third-order valence-corrected chi connectivity index (χ3v) is 5.04. The zero-order valence-corrected chi connectivity index (χ0v) is 56.9. The van der Waals surface area contributed by atoms with Crippen LogP contribution in [0.1, 0.15) is 0 Å². The molecule has 0 aliphatic heterocycles. The molecular weight excluding hydrogens is 1820 g/mol. The lowest BCUT2D eigenvalue weighted by Gasteiger charge is -1.71. The van der Waals surface area contributed by atoms with E-state index >= 15 is 0 Å². The first kappa shape index (κ1) is 98.6. The van der Waals surface area contributed by atoms with Crippen molar-refractivity contribution in [1.82, 2.24) is 0 Å². The fourth-order valence-corrected chi connectivity index (χ4v) is 2.23. The maximum Gasteiger partial charge on any atom is 0.0897 e. The summed E-state index contributed by atoms with van der Waals surface area (Å²) < 4.78 is 1.33. The zero-order chi connectivity index (χ0) is 86.9. The summed E-state index contributed by atoms with van der Waals surface area (Å²) in [5, 5.41) is 357. The number of rotatable bonds is 59. The van der Waals surface area contributed by atoms with E-state index in [1.54, 1.807) is 0 Å². The van der Waals surface area contributed by atoms with E-state index in [0.29, 0.717) is 0 Å². The van der Waals surface area contributed by atoms with Crippen molar-refractivity contribution >= 4 is 26.8 Å². The van der Waals surface area contributed by atoms with Gasteiger partial charge < -0.3 is 5.84 Å². The van der Waals surface area contributed by atoms with Crippen molar-refractivity contribution in [3.63, 3.8) is 0 Å². The second kappa shape index (κ2) is 97.6. The summed E-state index contributed by atoms with van der Waals surface area (Å²) in [6.45, 7) is 0. The van der Waals surface area contributed by atoms with Crippen LogP contribution >= 0.6 is 22.6 Å². The van der Waals surface area contributed by atoms with Gasteiger partial charge in [0.2, 0.25) is 0 Å². The topological polar surface area (TPSA) is 1500 Å². The molecule has 2 N–H and O–H groups in total. The molecule has 0 spiro atoms. The highest BCUT2D eigenvalue weighted by Crippen LogP contribution is 2.00. The van der Waals surface area contributed by atoms with Gasteiger partial charge in [-0.1, -0.05) is 5.22 Å². The second-order valence-corrected chi connectivity index (χ2v) is 11.4. The molecule has 0 aromatic rings. The van der Waals surface area contributed by atoms with Gasteiger partial charge in [-0.15, -0.1) is 5.10 Å². The van der Waals surface area contributed by atoms with Gasteiger partial charge in [-0.2, -0.15) is 0 Å². The van der Waals surface area contributed by atoms with Crippen molar-refractivity contribution in [1.29, 1.82) is 0 Å². The minimum atomic E-state index is 1.33. The van der Waals surface area contributed by atoms with Gasteiger partial charge in [0.25, 0.3) is 0 Å². The summed E-state index contributed by atoms with van der Waals surface area (Å²) in [7, 11) is 0. The van der Waals surface area contributed by atoms with Gasteiger partial charge in [-0.3, -0.25) is 0 Å². The Labute approximate surface area is 653 Å². The molecule has 0 heterocycles. The molecule has 121 heteroatoms. The largest absolute Gasteiger partial charge is 0.303 e. The average Bonchev–Trinajstić information content (AvgIpc) is 1.30. The molecule has 0 amide bonds. The number of nitrogens with zero attached hydrogens (tertiary/aromatic N) is 119. The third kappa shape index (κ3) is 96.6. The van der Waals surface area contributed by atoms with Crippen LogP contribution in [-0.4, -0.2) is 4.22 Å². The van der Waals surface area contributed by atoms with Crippen LogP contribution in [-0.2, 0) is 0 Å². The van der Waals surface area contributed by atoms with E-state index in [1.165, 1.54) is 4.22 Å². The number of nitrogens with two attached hydrogens (primary N) is 1. The van der Waals surface area contributed by atoms with Crippen molar-refractivity contribution in [2.75, 3.05) is 0 Å². The first-order valence-corrected chi connectivity index (χ1v) is 25.6. The van der Waals surface area contributed by atoms with Crippen molar-refractivity contribution in [2.24, 2.45) is 627 Å². The summed E-state index contributed by atoms with van der Waals surface area (Å²) in [4.78, 5) is 0. The minimum absolute atomic E-state index is 1.33. The summed E-state index contributed by atoms with van der Waals surface area (Å²) >= 11 is 1.81. The smallest absolute Gasteiger partial charge is 0.0897 e. The van der Waals surface area contributed by atoms with Crippen LogP contribution in [0.15, 0.2) is 621 Å². The first-order valence-electron chi connectivity index (χ1n) is 24.3. The van der Waals surface area contributed by atoms with E-state index in [4.69, 9.17) is 0 Å². The van der Waals surface area contributed by atoms with Crippen molar-refractivity contribution < 1.29 is 0 Å². The Morgan fingerprint density at radius 1 is 0.0820 bits per heavy atom. The molecule has 0 aromatic carbocycles. The van der Waals surface area contributed by atoms with Crippen LogP contribution in [0.3, 0.4) is 0 Å². The van der Waals surface area contributed by atoms with Gasteiger partial charge in [-0.25, -0.2) is 0 Å². The molecule has 120 nitrogen and oxygen atoms in total. The maximum atomic E-state index is 4.64. The Morgan fingerprint density at radius 2 is 0.131 bits per heavy atom. The number of hydrogen-bond donors (Lipinski definition) is 1. The van der Waals surface area contributed by atoms with E-state index in [1.807, 2.05) is 22.6 Å². The molecule has 0 fully saturated rings. The average molecular weight is 1820 g/mol. The van der Waals surface area contributed by atoms with E-state index in [0.717, 1.165) is 0 Å². The normalized spacial score (nSPS) is 15.8. The second-order valence-electron chi connectivity index (χ2n) is 10.8. The fraction of sp³-hybridized carbons (Fsp3) is 0. The Kier molecular flexibility index (Phi) is 78.9. The highest BCUT2D eigenvalue weighted by molar-refractivity contribution is 14.1. The molecule has 0 unspecified atom stereocenters. The quantitative estimate of drug-likeness (QED) is 0.0200. The first-order chi connectivity index (χ1) is 60.9. The van der Waals surface area contributed by atoms with Crippen molar-refractivity contribution in [3.05, 3.63) is 0 Å². The molecule has 0 saturated heterocycles. The molecule has 0 atom stereocenters. The summed E-state index contributed by atoms with van der Waals surface area (Å²) in [5.41, 5.74) is 0. The van der Waals surface area contributed by atoms with Crippen LogP contribution in [0.2, 0.25) is 0 Å². The van der Waals surface area contributed by atoms with Gasteiger partial charge >= 0.3 is 0 Å². The van der Waals surface area contributed by atoms with Gasteiger partial charge in [-0.05, 0) is 101 Å². The highest BCUT2D eigenvalue weighted by Gasteiger charge is 1.82. The molecule has 0 radical (unpaired) electrons. The molecule has 0 aliphatic carbocycles. The lowest BCUT2D eigenvalue weighted by atomic mass is 11.7. The standard InChI is InChI=1S/CH3IN120/c2-1-4-6-8-10-12-14-16-18-20-22-24-26-28-30-32-34-36-38-40-42-44-46-48-50-52-54-56-58-60-62-64-66-68-70-72-74-76-78-80-82-84-86-88-90-92-94-96-98-100-102-104-106-108-110-112-114-116-118-120-122-121-119-117-115-113-111-109-107-105-103-101-99-97-95-93-91-89-87-85-83-81-79-77-75-73-71-69-67-65-63-61-59-57-55-53-51-49-47-45-43-41-39-37-35-33-31-29-27-25-23-21-19-17-15-13-11-9-7-5-3/h1H,(H2,3,6,7,10,11,14,15,18,19,22,23,26,27,30,31,34,35,38,39,42,43,46,47,50,51,54,55,58,59,62,63,66,67,70,71,74,75,78,79,82,83,86,87,90,91,94,95,98,99,102,103,106,107,110,111,114,115,118,119,122). The Bertz CT molecular complexity index is 4230. The molecule has 0 saturated carbocycles. The Hall–Kier alpha value is -23.4. The Balaban J connectivity index is 4.13. The van der Waals surface area contributed by atoms with Gasteiger partial charge in [0.05, 0.1) is 4.22 Å². The van der Waals surface area contributed by atoms with Crippen LogP contribution in [0.5, 0.6) is 0 Å². The monoisotopic (exact) mass is 1820 g/mol. The predicted molar refractivity (Wildman–Crippen MR) is 313 cm³/mol. The lowest BCUT2D eigenvalue weighted by Crippen LogP contribution is -1.70. The zero-order valence-electron chi connectivity index (χ0n) is 54.8. The molecule has 0 aliphatic rings. The summed E-state index contributed by atoms with van der Waals surface area (Å²) in [6.07, 6.45) is 0. The number of hydrogen-bond acceptors (Lipinski definition) is 2. The highest BCUT2D eigenvalue weighted by atomic mass is 127. The van der Waals surface area contributed by atoms with Crippen LogP contribution in [0, 0.1) is 0 Å². The van der Waals surface area contributed by atoms with Crippen LogP contribution in [0.4, 0.5) is 0 Å². The molecule has 614 valence electrons. The third-order valence-electron chi connectivity index (χ3n) is 4.79. The van der Waals surface area contributed by atoms with Crippen molar-refractivity contribution in [2.45, 2.75) is 0 Å². The van der Waals surface area contributed by atoms with Crippen molar-refractivity contribution in [3.8, 4) is 0 Å². The molecule has 0 aromatic heterocycles. The lowest BCUT2D eigenvalue weighted by molar-refractivity contribution is 0.722. The van der Waals surface area contributed by atoms with E-state index in [2.05, 4.69) is 627 Å². The van der Waals surface area contributed by atoms with Gasteiger partial charge in [0.15, 0.2) is 0 Å². The van der Waals surface area contributed by atoms with Gasteiger partial charge in [0, 0.05) is 533 Å². The maximum absolute atomic E-state index is 4.64. The molecule has 0 rings (SSSR count). The van der Waals surface area contributed by atoms with Crippen LogP contribution in [0.25, 0.3) is 0 Å². The molecule has 0 bridgehead atoms. The van der Waals surface area contributed by atoms with Gasteiger partial charge in [0.1, 0.15) is 0 Å². The van der Waals surface area contributed by atoms with Crippen LogP contribution < -0.4 is 5.84 Å². The minimum Gasteiger partial charge on any atom is -0.303 e. The summed E-state index contributed by atoms with van der Waals surface area (Å²) in [5.74, 6) is 4.64. The predicted octanol–water partition coefficient (Wildman–Crippen LogP) is 22.0. The SMILES string of the molecule is NN=NN=NN=NN=NN=NN=NN=NN=NN=NN=NN=NN=NN=NN=NN=NN=NN=NN=NN=NN=NN=NN=NN=NN=NN=NN=NN=NN=NN=NN=NN=NN=NN=NN=NN=NN=NN=NN=NN=NN=NN=NN=NN=NN=NN=NN=NN=NN=NN=NN=NN=NN=NN=NN=NN=NN=NN=NN=NN=NN=CI. The Morgan fingerprint density at radius 3 is 0.180 bits per heavy atom. The van der Waals surface area contributed by atoms with E-state index < -0.39 is 0 Å². The summed E-state index contributed by atoms with van der Waals surface area (Å²) in [6, 6.07) is 0. The van der Waals surface area contributed by atoms with E-state index in [9.17, 15) is 0 Å². The fourth-order valence-electron chi connectivity index (χ4n) is 2.12.